The largest absolute Gasteiger partial charge is 0.386 e. The molecule has 0 aliphatic carbocycles. The van der Waals surface area contributed by atoms with Crippen LogP contribution in [-0.2, 0) is 0 Å². The van der Waals surface area contributed by atoms with Gasteiger partial charge in [-0.25, -0.2) is 0 Å². The van der Waals surface area contributed by atoms with Crippen molar-refractivity contribution < 1.29 is 10.2 Å². The Morgan fingerprint density at radius 2 is 1.50 bits per heavy atom. The van der Waals surface area contributed by atoms with Crippen molar-refractivity contribution in [3.05, 3.63) is 54.9 Å². The van der Waals surface area contributed by atoms with Crippen LogP contribution in [-0.4, -0.2) is 15.2 Å². The van der Waals surface area contributed by atoms with Gasteiger partial charge in [-0.15, -0.1) is 13.2 Å². The molecule has 1 heterocycles. The molecule has 0 radical (unpaired) electrons. The van der Waals surface area contributed by atoms with Crippen molar-refractivity contribution in [1.82, 2.24) is 4.98 Å². The molecular weight excluding hydrogens is 202 g/mol. The Kier molecular flexibility index (Phi) is 4.89. The monoisotopic (exact) mass is 219 g/mol. The van der Waals surface area contributed by atoms with Crippen LogP contribution in [0.25, 0.3) is 0 Å². The molecule has 1 aromatic heterocycles. The highest BCUT2D eigenvalue weighted by molar-refractivity contribution is 5.16. The van der Waals surface area contributed by atoms with Crippen LogP contribution in [0.4, 0.5) is 0 Å². The minimum absolute atomic E-state index is 0.452. The molecule has 0 aliphatic heterocycles. The van der Waals surface area contributed by atoms with Crippen LogP contribution in [0.5, 0.6) is 0 Å². The van der Waals surface area contributed by atoms with Crippen LogP contribution < -0.4 is 0 Å². The molecule has 0 unspecified atom stereocenters. The van der Waals surface area contributed by atoms with Gasteiger partial charge >= 0.3 is 0 Å². The summed E-state index contributed by atoms with van der Waals surface area (Å²) >= 11 is 0. The number of pyridine rings is 1. The molecule has 86 valence electrons. The Hall–Kier alpha value is -1.45. The summed E-state index contributed by atoms with van der Waals surface area (Å²) in [5, 5.41) is 19.4. The maximum absolute atomic E-state index is 9.72. The van der Waals surface area contributed by atoms with Gasteiger partial charge in [-0.05, 0) is 25.0 Å². The van der Waals surface area contributed by atoms with E-state index in [2.05, 4.69) is 18.1 Å². The summed E-state index contributed by atoms with van der Waals surface area (Å²) < 4.78 is 0. The summed E-state index contributed by atoms with van der Waals surface area (Å²) in [6, 6.07) is 5.24. The summed E-state index contributed by atoms with van der Waals surface area (Å²) in [4.78, 5) is 4.21. The van der Waals surface area contributed by atoms with Crippen LogP contribution in [0.3, 0.4) is 0 Å². The van der Waals surface area contributed by atoms with Gasteiger partial charge < -0.3 is 10.2 Å². The molecule has 0 fully saturated rings. The lowest BCUT2D eigenvalue weighted by Gasteiger charge is -2.12. The number of aliphatic hydroxyl groups is 2. The Labute approximate surface area is 95.8 Å². The molecule has 0 spiro atoms. The lowest BCUT2D eigenvalue weighted by atomic mass is 10.1. The second kappa shape index (κ2) is 6.20. The highest BCUT2D eigenvalue weighted by atomic mass is 16.3. The summed E-state index contributed by atoms with van der Waals surface area (Å²) in [7, 11) is 0. The van der Waals surface area contributed by atoms with Crippen LogP contribution in [0.1, 0.15) is 36.4 Å². The summed E-state index contributed by atoms with van der Waals surface area (Å²) in [6.07, 6.45) is 2.86. The molecular formula is C13H17NO2. The first kappa shape index (κ1) is 12.6. The number of hydrogen-bond donors (Lipinski definition) is 2. The van der Waals surface area contributed by atoms with E-state index in [0.29, 0.717) is 24.2 Å². The quantitative estimate of drug-likeness (QED) is 0.722. The summed E-state index contributed by atoms with van der Waals surface area (Å²) in [5.74, 6) is 0. The van der Waals surface area contributed by atoms with Gasteiger partial charge in [0.05, 0.1) is 23.6 Å². The smallest absolute Gasteiger partial charge is 0.0994 e. The minimum atomic E-state index is -0.659. The number of aromatic nitrogens is 1. The Morgan fingerprint density at radius 3 is 1.88 bits per heavy atom. The molecule has 0 bridgehead atoms. The third-order valence-electron chi connectivity index (χ3n) is 2.25. The topological polar surface area (TPSA) is 53.4 Å². The Balaban J connectivity index is 2.85. The number of rotatable bonds is 6. The zero-order chi connectivity index (χ0) is 12.0. The fraction of sp³-hybridized carbons (Fsp3) is 0.308. The number of aliphatic hydroxyl groups excluding tert-OH is 2. The van der Waals surface area contributed by atoms with E-state index in [-0.39, 0.29) is 0 Å². The van der Waals surface area contributed by atoms with Gasteiger partial charge in [0.1, 0.15) is 0 Å². The van der Waals surface area contributed by atoms with Crippen molar-refractivity contribution in [2.24, 2.45) is 0 Å². The lowest BCUT2D eigenvalue weighted by Crippen LogP contribution is -2.05. The van der Waals surface area contributed by atoms with Crippen LogP contribution in [0.15, 0.2) is 43.5 Å². The SMILES string of the molecule is C=CC[C@@H](O)c1cccc([C@@H](O)CC=C)n1. The zero-order valence-corrected chi connectivity index (χ0v) is 9.21. The van der Waals surface area contributed by atoms with Crippen molar-refractivity contribution >= 4 is 0 Å². The van der Waals surface area contributed by atoms with Crippen molar-refractivity contribution in [2.75, 3.05) is 0 Å². The second-order valence-electron chi connectivity index (χ2n) is 3.57. The molecule has 16 heavy (non-hydrogen) atoms. The normalized spacial score (nSPS) is 14.1. The summed E-state index contributed by atoms with van der Waals surface area (Å²) in [6.45, 7) is 7.13. The van der Waals surface area contributed by atoms with Gasteiger partial charge in [0, 0.05) is 0 Å². The first-order valence-electron chi connectivity index (χ1n) is 5.23. The Bertz CT molecular complexity index is 331. The van der Waals surface area contributed by atoms with Gasteiger partial charge in [0.2, 0.25) is 0 Å². The highest BCUT2D eigenvalue weighted by Crippen LogP contribution is 2.19. The van der Waals surface area contributed by atoms with Gasteiger partial charge in [-0.3, -0.25) is 4.98 Å². The molecule has 0 saturated heterocycles. The van der Waals surface area contributed by atoms with Crippen molar-refractivity contribution in [2.45, 2.75) is 25.0 Å². The van der Waals surface area contributed by atoms with Crippen molar-refractivity contribution in [3.8, 4) is 0 Å². The number of hydrogen-bond acceptors (Lipinski definition) is 3. The average Bonchev–Trinajstić information content (AvgIpc) is 2.30. The van der Waals surface area contributed by atoms with Crippen molar-refractivity contribution in [1.29, 1.82) is 0 Å². The fourth-order valence-electron chi connectivity index (χ4n) is 1.40. The standard InChI is InChI=1S/C13H17NO2/c1-3-6-12(15)10-8-5-9-11(14-10)13(16)7-4-2/h3-5,8-9,12-13,15-16H,1-2,6-7H2/t12-,13+. The van der Waals surface area contributed by atoms with Crippen LogP contribution in [0, 0.1) is 0 Å². The first-order valence-corrected chi connectivity index (χ1v) is 5.23. The zero-order valence-electron chi connectivity index (χ0n) is 9.21. The molecule has 3 heteroatoms. The van der Waals surface area contributed by atoms with Gasteiger partial charge in [-0.2, -0.15) is 0 Å². The second-order valence-corrected chi connectivity index (χ2v) is 3.57. The fourth-order valence-corrected chi connectivity index (χ4v) is 1.40. The van der Waals surface area contributed by atoms with Gasteiger partial charge in [0.25, 0.3) is 0 Å². The molecule has 1 rings (SSSR count). The van der Waals surface area contributed by atoms with E-state index in [1.54, 1.807) is 30.4 Å². The average molecular weight is 219 g/mol. The van der Waals surface area contributed by atoms with Crippen LogP contribution in [0.2, 0.25) is 0 Å². The third kappa shape index (κ3) is 3.29. The predicted molar refractivity (Wildman–Crippen MR) is 63.8 cm³/mol. The maximum atomic E-state index is 9.72. The highest BCUT2D eigenvalue weighted by Gasteiger charge is 2.11. The van der Waals surface area contributed by atoms with E-state index in [4.69, 9.17) is 0 Å². The summed E-state index contributed by atoms with van der Waals surface area (Å²) in [5.41, 5.74) is 1.11. The van der Waals surface area contributed by atoms with E-state index in [9.17, 15) is 10.2 Å². The van der Waals surface area contributed by atoms with E-state index in [1.807, 2.05) is 0 Å². The molecule has 2 N–H and O–H groups in total. The van der Waals surface area contributed by atoms with Gasteiger partial charge in [0.15, 0.2) is 0 Å². The van der Waals surface area contributed by atoms with E-state index in [1.165, 1.54) is 0 Å². The molecule has 0 aliphatic rings. The lowest BCUT2D eigenvalue weighted by molar-refractivity contribution is 0.165. The maximum Gasteiger partial charge on any atom is 0.0994 e. The molecule has 1 aromatic rings. The Morgan fingerprint density at radius 1 is 1.06 bits per heavy atom. The predicted octanol–water partition coefficient (Wildman–Crippen LogP) is 2.30. The molecule has 2 atom stereocenters. The van der Waals surface area contributed by atoms with E-state index in [0.717, 1.165) is 0 Å². The van der Waals surface area contributed by atoms with E-state index >= 15 is 0 Å². The van der Waals surface area contributed by atoms with Crippen LogP contribution >= 0.6 is 0 Å². The van der Waals surface area contributed by atoms with E-state index < -0.39 is 12.2 Å². The van der Waals surface area contributed by atoms with Crippen molar-refractivity contribution in [3.63, 3.8) is 0 Å². The molecule has 0 amide bonds. The third-order valence-corrected chi connectivity index (χ3v) is 2.25. The van der Waals surface area contributed by atoms with Gasteiger partial charge in [-0.1, -0.05) is 18.2 Å². The minimum Gasteiger partial charge on any atom is -0.386 e. The molecule has 0 saturated carbocycles. The first-order chi connectivity index (χ1) is 7.69. The molecule has 3 nitrogen and oxygen atoms in total. The number of nitrogens with zero attached hydrogens (tertiary/aromatic N) is 1. The molecule has 0 aromatic carbocycles.